The van der Waals surface area contributed by atoms with Crippen LogP contribution < -0.4 is 0 Å². The summed E-state index contributed by atoms with van der Waals surface area (Å²) in [6.45, 7) is 9.73. The van der Waals surface area contributed by atoms with Crippen LogP contribution in [0.4, 0.5) is 0 Å². The molecule has 2 aromatic heterocycles. The lowest BCUT2D eigenvalue weighted by molar-refractivity contribution is -0.166. The Balaban J connectivity index is 2.03. The number of benzene rings is 2. The van der Waals surface area contributed by atoms with E-state index in [0.29, 0.717) is 15.7 Å². The molecule has 0 aliphatic carbocycles. The number of aryl methyl sites for hydroxylation is 1. The SMILES string of the molecule is CCOC(=O)[C@@H](OC(C)(C)C)c1c(C)cc2nc(-c3ccnc(Cl)n3)sc2c1-c1ccc(Cl)cc1. The second-order valence-corrected chi connectivity index (χ2v) is 10.7. The van der Waals surface area contributed by atoms with E-state index >= 15 is 0 Å². The lowest BCUT2D eigenvalue weighted by Gasteiger charge is -2.29. The molecule has 2 heterocycles. The number of hydrogen-bond acceptors (Lipinski definition) is 7. The Morgan fingerprint density at radius 1 is 1.11 bits per heavy atom. The second kappa shape index (κ2) is 10.2. The summed E-state index contributed by atoms with van der Waals surface area (Å²) in [6.07, 6.45) is 0.672. The maximum absolute atomic E-state index is 13.2. The number of hydrogen-bond donors (Lipinski definition) is 0. The van der Waals surface area contributed by atoms with Crippen LogP contribution in [0.15, 0.2) is 42.6 Å². The first-order valence-electron chi connectivity index (χ1n) is 11.1. The van der Waals surface area contributed by atoms with Crippen LogP contribution in [-0.2, 0) is 14.3 Å². The quantitative estimate of drug-likeness (QED) is 0.190. The molecule has 4 aromatic rings. The van der Waals surface area contributed by atoms with Gasteiger partial charge in [-0.15, -0.1) is 11.3 Å². The fraction of sp³-hybridized carbons (Fsp3) is 0.308. The monoisotopic (exact) mass is 529 g/mol. The van der Waals surface area contributed by atoms with E-state index in [1.807, 2.05) is 58.0 Å². The Morgan fingerprint density at radius 3 is 2.46 bits per heavy atom. The number of thiazole rings is 1. The molecule has 0 saturated heterocycles. The van der Waals surface area contributed by atoms with Gasteiger partial charge in [-0.05, 0) is 81.6 Å². The molecule has 6 nitrogen and oxygen atoms in total. The molecule has 0 bridgehead atoms. The number of ether oxygens (including phenoxy) is 2. The fourth-order valence-corrected chi connectivity index (χ4v) is 5.18. The zero-order valence-corrected chi connectivity index (χ0v) is 22.4. The standard InChI is InChI=1S/C26H25Cl2N3O3S/c1-6-33-24(32)21(34-26(3,4)5)19-14(2)13-18-22(20(19)15-7-9-16(27)10-8-15)35-23(30-18)17-11-12-29-25(28)31-17/h7-13,21H,6H2,1-5H3/t21-/m0/s1. The lowest BCUT2D eigenvalue weighted by Crippen LogP contribution is -2.29. The zero-order valence-electron chi connectivity index (χ0n) is 20.1. The maximum Gasteiger partial charge on any atom is 0.339 e. The maximum atomic E-state index is 13.2. The third-order valence-corrected chi connectivity index (χ3v) is 6.69. The molecule has 0 fully saturated rings. The van der Waals surface area contributed by atoms with Crippen LogP contribution in [0.3, 0.4) is 0 Å². The summed E-state index contributed by atoms with van der Waals surface area (Å²) in [5.41, 5.74) is 4.16. The van der Waals surface area contributed by atoms with Crippen molar-refractivity contribution in [2.45, 2.75) is 46.3 Å². The molecule has 0 radical (unpaired) electrons. The summed E-state index contributed by atoms with van der Waals surface area (Å²) in [4.78, 5) is 26.3. The van der Waals surface area contributed by atoms with E-state index in [1.165, 1.54) is 11.3 Å². The van der Waals surface area contributed by atoms with Gasteiger partial charge in [0.05, 0.1) is 22.4 Å². The first kappa shape index (κ1) is 25.5. The minimum absolute atomic E-state index is 0.150. The molecule has 0 spiro atoms. The molecule has 2 aromatic carbocycles. The molecule has 0 aliphatic heterocycles. The van der Waals surface area contributed by atoms with Gasteiger partial charge in [0, 0.05) is 22.3 Å². The molecule has 9 heteroatoms. The van der Waals surface area contributed by atoms with Gasteiger partial charge in [0.15, 0.2) is 6.10 Å². The second-order valence-electron chi connectivity index (χ2n) is 8.93. The van der Waals surface area contributed by atoms with Gasteiger partial charge in [-0.1, -0.05) is 23.7 Å². The lowest BCUT2D eigenvalue weighted by atomic mass is 9.91. The summed E-state index contributed by atoms with van der Waals surface area (Å²) in [5.74, 6) is -0.438. The van der Waals surface area contributed by atoms with Gasteiger partial charge in [-0.2, -0.15) is 0 Å². The summed E-state index contributed by atoms with van der Waals surface area (Å²) in [6, 6.07) is 11.2. The highest BCUT2D eigenvalue weighted by Gasteiger charge is 2.33. The van der Waals surface area contributed by atoms with Crippen molar-refractivity contribution in [3.05, 3.63) is 64.0 Å². The number of rotatable bonds is 6. The summed E-state index contributed by atoms with van der Waals surface area (Å²) < 4.78 is 12.6. The van der Waals surface area contributed by atoms with E-state index < -0.39 is 17.7 Å². The van der Waals surface area contributed by atoms with Crippen molar-refractivity contribution in [1.29, 1.82) is 0 Å². The van der Waals surface area contributed by atoms with Crippen molar-refractivity contribution < 1.29 is 14.3 Å². The number of aromatic nitrogens is 3. The first-order valence-corrected chi connectivity index (χ1v) is 12.7. The highest BCUT2D eigenvalue weighted by molar-refractivity contribution is 7.22. The molecule has 0 saturated carbocycles. The smallest absolute Gasteiger partial charge is 0.339 e. The highest BCUT2D eigenvalue weighted by atomic mass is 35.5. The van der Waals surface area contributed by atoms with E-state index in [9.17, 15) is 4.79 Å². The van der Waals surface area contributed by atoms with Gasteiger partial charge in [-0.3, -0.25) is 0 Å². The number of carbonyl (C=O) groups excluding carboxylic acids is 1. The van der Waals surface area contributed by atoms with Crippen molar-refractivity contribution in [2.24, 2.45) is 0 Å². The zero-order chi connectivity index (χ0) is 25.3. The van der Waals surface area contributed by atoms with E-state index in [2.05, 4.69) is 9.97 Å². The Labute approximate surface area is 218 Å². The van der Waals surface area contributed by atoms with Crippen molar-refractivity contribution in [2.75, 3.05) is 6.61 Å². The van der Waals surface area contributed by atoms with Crippen molar-refractivity contribution >= 4 is 50.7 Å². The molecule has 0 N–H and O–H groups in total. The predicted octanol–water partition coefficient (Wildman–Crippen LogP) is 7.45. The number of esters is 1. The molecular weight excluding hydrogens is 505 g/mol. The highest BCUT2D eigenvalue weighted by Crippen LogP contribution is 2.44. The van der Waals surface area contributed by atoms with Crippen LogP contribution in [0.25, 0.3) is 32.0 Å². The minimum Gasteiger partial charge on any atom is -0.464 e. The summed E-state index contributed by atoms with van der Waals surface area (Å²) in [7, 11) is 0. The van der Waals surface area contributed by atoms with Crippen LogP contribution in [0, 0.1) is 6.92 Å². The number of halogens is 2. The van der Waals surface area contributed by atoms with Crippen molar-refractivity contribution in [3.8, 4) is 21.8 Å². The minimum atomic E-state index is -0.927. The van der Waals surface area contributed by atoms with E-state index in [0.717, 1.165) is 32.5 Å². The topological polar surface area (TPSA) is 74.2 Å². The number of nitrogens with zero attached hydrogens (tertiary/aromatic N) is 3. The van der Waals surface area contributed by atoms with Gasteiger partial charge in [0.1, 0.15) is 10.7 Å². The van der Waals surface area contributed by atoms with Crippen LogP contribution >= 0.6 is 34.5 Å². The Bertz CT molecular complexity index is 1380. The molecule has 4 rings (SSSR count). The molecule has 35 heavy (non-hydrogen) atoms. The Hall–Kier alpha value is -2.58. The van der Waals surface area contributed by atoms with Crippen molar-refractivity contribution in [1.82, 2.24) is 15.0 Å². The Morgan fingerprint density at radius 2 is 1.83 bits per heavy atom. The van der Waals surface area contributed by atoms with Gasteiger partial charge < -0.3 is 9.47 Å². The Kier molecular flexibility index (Phi) is 7.43. The van der Waals surface area contributed by atoms with Gasteiger partial charge in [0.2, 0.25) is 5.28 Å². The summed E-state index contributed by atoms with van der Waals surface area (Å²) in [5, 5.41) is 1.46. The van der Waals surface area contributed by atoms with Crippen LogP contribution in [0.2, 0.25) is 10.3 Å². The summed E-state index contributed by atoms with van der Waals surface area (Å²) >= 11 is 13.7. The normalized spacial score (nSPS) is 12.7. The van der Waals surface area contributed by atoms with Gasteiger partial charge >= 0.3 is 5.97 Å². The number of fused-ring (bicyclic) bond motifs is 1. The van der Waals surface area contributed by atoms with Crippen LogP contribution in [0.1, 0.15) is 44.9 Å². The van der Waals surface area contributed by atoms with E-state index in [-0.39, 0.29) is 11.9 Å². The molecule has 1 atom stereocenters. The van der Waals surface area contributed by atoms with Crippen LogP contribution in [-0.4, -0.2) is 33.1 Å². The third kappa shape index (κ3) is 5.64. The van der Waals surface area contributed by atoms with E-state index in [1.54, 1.807) is 19.2 Å². The van der Waals surface area contributed by atoms with E-state index in [4.69, 9.17) is 37.7 Å². The average molecular weight is 530 g/mol. The molecule has 0 aliphatic rings. The molecule has 182 valence electrons. The largest absolute Gasteiger partial charge is 0.464 e. The fourth-order valence-electron chi connectivity index (χ4n) is 3.81. The molecule has 0 amide bonds. The molecule has 0 unspecified atom stereocenters. The van der Waals surface area contributed by atoms with Crippen molar-refractivity contribution in [3.63, 3.8) is 0 Å². The number of carbonyl (C=O) groups is 1. The first-order chi connectivity index (χ1) is 16.6. The van der Waals surface area contributed by atoms with Crippen LogP contribution in [0.5, 0.6) is 0 Å². The average Bonchev–Trinajstić information content (AvgIpc) is 3.20. The third-order valence-electron chi connectivity index (χ3n) is 5.14. The molecular formula is C26H25Cl2N3O3S. The van der Waals surface area contributed by atoms with Gasteiger partial charge in [0.25, 0.3) is 0 Å². The predicted molar refractivity (Wildman–Crippen MR) is 141 cm³/mol. The van der Waals surface area contributed by atoms with Gasteiger partial charge in [-0.25, -0.2) is 19.7 Å².